The van der Waals surface area contributed by atoms with Crippen LogP contribution in [0, 0.1) is 20.2 Å². The first-order chi connectivity index (χ1) is 28.3. The predicted molar refractivity (Wildman–Crippen MR) is 224 cm³/mol. The second kappa shape index (κ2) is 16.5. The standard InChI is InChI=1S/C40H23Cl3N8O8/c41-29-17-22(44-39(54)27-15-20-5-1-3-7-25(20)35(37(27)52)48-46-33-13-10-23(50(56)57)18-30(33)42)9-12-32(29)45-40(55)28-16-21-6-2-4-8-26(21)36(38(28)53)49-47-34-14-11-24(51(58)59)19-31(34)43/h1-19,46-47H,(H,44,54)(H,45,55). The molecule has 2 amide bonds. The molecule has 0 unspecified atom stereocenters. The maximum atomic E-state index is 13.7. The van der Waals surface area contributed by atoms with Gasteiger partial charge in [0.05, 0.1) is 53.1 Å². The number of carbonyl (C=O) groups is 4. The van der Waals surface area contributed by atoms with Gasteiger partial charge in [0.1, 0.15) is 11.4 Å². The first-order valence-corrected chi connectivity index (χ1v) is 18.1. The largest absolute Gasteiger partial charge is 0.322 e. The lowest BCUT2D eigenvalue weighted by molar-refractivity contribution is -0.385. The Morgan fingerprint density at radius 1 is 0.542 bits per heavy atom. The number of rotatable bonds is 10. The summed E-state index contributed by atoms with van der Waals surface area (Å²) in [5, 5.41) is 35.8. The number of hydrogen-bond acceptors (Lipinski definition) is 12. The van der Waals surface area contributed by atoms with Gasteiger partial charge in [0.2, 0.25) is 11.6 Å². The molecule has 292 valence electrons. The molecule has 5 aromatic carbocycles. The van der Waals surface area contributed by atoms with E-state index in [2.05, 4.69) is 31.7 Å². The molecule has 0 atom stereocenters. The maximum Gasteiger partial charge on any atom is 0.271 e. The van der Waals surface area contributed by atoms with E-state index in [1.165, 1.54) is 54.6 Å². The number of benzene rings is 5. The van der Waals surface area contributed by atoms with Gasteiger partial charge in [0.25, 0.3) is 23.2 Å². The Labute approximate surface area is 347 Å². The minimum atomic E-state index is -0.823. The van der Waals surface area contributed by atoms with Crippen molar-refractivity contribution in [3.8, 4) is 0 Å². The Hall–Kier alpha value is -7.53. The molecule has 16 nitrogen and oxygen atoms in total. The van der Waals surface area contributed by atoms with Crippen molar-refractivity contribution in [1.29, 1.82) is 0 Å². The first kappa shape index (κ1) is 39.7. The normalized spacial score (nSPS) is 14.4. The molecule has 59 heavy (non-hydrogen) atoms. The van der Waals surface area contributed by atoms with E-state index in [0.29, 0.717) is 22.3 Å². The number of nitrogens with one attached hydrogen (secondary N) is 4. The second-order valence-electron chi connectivity index (χ2n) is 12.5. The van der Waals surface area contributed by atoms with Crippen LogP contribution in [0.2, 0.25) is 15.1 Å². The molecule has 4 N–H and O–H groups in total. The first-order valence-electron chi connectivity index (χ1n) is 17.0. The Morgan fingerprint density at radius 2 is 0.966 bits per heavy atom. The number of fused-ring (bicyclic) bond motifs is 2. The molecular weight excluding hydrogens is 827 g/mol. The molecule has 5 aromatic rings. The fraction of sp³-hybridized carbons (Fsp3) is 0. The summed E-state index contributed by atoms with van der Waals surface area (Å²) in [6, 6.07) is 24.9. The van der Waals surface area contributed by atoms with E-state index >= 15 is 0 Å². The fourth-order valence-electron chi connectivity index (χ4n) is 5.91. The van der Waals surface area contributed by atoms with Crippen molar-refractivity contribution in [3.63, 3.8) is 0 Å². The summed E-state index contributed by atoms with van der Waals surface area (Å²) in [5.41, 5.74) is 6.49. The van der Waals surface area contributed by atoms with Crippen molar-refractivity contribution in [2.75, 3.05) is 21.5 Å². The third-order valence-corrected chi connectivity index (χ3v) is 9.76. The number of hydrazone groups is 2. The molecule has 0 saturated heterocycles. The van der Waals surface area contributed by atoms with Crippen molar-refractivity contribution < 1.29 is 29.0 Å². The van der Waals surface area contributed by atoms with E-state index in [4.69, 9.17) is 34.8 Å². The van der Waals surface area contributed by atoms with Gasteiger partial charge in [-0.3, -0.25) is 50.3 Å². The predicted octanol–water partition coefficient (Wildman–Crippen LogP) is 8.31. The van der Waals surface area contributed by atoms with Crippen LogP contribution in [0.3, 0.4) is 0 Å². The number of carbonyl (C=O) groups excluding carboxylic acids is 4. The summed E-state index contributed by atoms with van der Waals surface area (Å²) < 4.78 is 0. The highest BCUT2D eigenvalue weighted by atomic mass is 35.5. The number of nitro groups is 2. The van der Waals surface area contributed by atoms with Crippen LogP contribution >= 0.6 is 34.8 Å². The van der Waals surface area contributed by atoms with Gasteiger partial charge in [0.15, 0.2) is 0 Å². The van der Waals surface area contributed by atoms with E-state index in [9.17, 15) is 39.4 Å². The van der Waals surface area contributed by atoms with Crippen LogP contribution < -0.4 is 21.5 Å². The van der Waals surface area contributed by atoms with E-state index in [1.54, 1.807) is 48.5 Å². The highest BCUT2D eigenvalue weighted by Crippen LogP contribution is 2.32. The third-order valence-electron chi connectivity index (χ3n) is 8.82. The highest BCUT2D eigenvalue weighted by molar-refractivity contribution is 6.60. The number of ketones is 2. The zero-order chi connectivity index (χ0) is 42.0. The average molecular weight is 850 g/mol. The molecule has 0 radical (unpaired) electrons. The number of halogens is 3. The van der Waals surface area contributed by atoms with Gasteiger partial charge in [-0.1, -0.05) is 83.3 Å². The van der Waals surface area contributed by atoms with E-state index in [-0.39, 0.29) is 71.8 Å². The summed E-state index contributed by atoms with van der Waals surface area (Å²) >= 11 is 18.9. The number of anilines is 4. The summed E-state index contributed by atoms with van der Waals surface area (Å²) in [7, 11) is 0. The Balaban J connectivity index is 1.07. The maximum absolute atomic E-state index is 13.7. The molecule has 0 saturated carbocycles. The summed E-state index contributed by atoms with van der Waals surface area (Å²) in [4.78, 5) is 75.5. The van der Waals surface area contributed by atoms with Crippen molar-refractivity contribution in [2.45, 2.75) is 0 Å². The van der Waals surface area contributed by atoms with E-state index in [1.807, 2.05) is 0 Å². The van der Waals surface area contributed by atoms with Gasteiger partial charge in [-0.05, 0) is 53.6 Å². The lowest BCUT2D eigenvalue weighted by Crippen LogP contribution is -2.30. The minimum Gasteiger partial charge on any atom is -0.322 e. The molecule has 19 heteroatoms. The minimum absolute atomic E-state index is 0.0176. The van der Waals surface area contributed by atoms with Crippen molar-refractivity contribution in [1.82, 2.24) is 0 Å². The zero-order valence-electron chi connectivity index (χ0n) is 29.7. The molecule has 0 aromatic heterocycles. The Kier molecular flexibility index (Phi) is 11.1. The van der Waals surface area contributed by atoms with Crippen LogP contribution in [0.4, 0.5) is 34.1 Å². The van der Waals surface area contributed by atoms with Gasteiger partial charge in [-0.15, -0.1) is 0 Å². The van der Waals surface area contributed by atoms with Gasteiger partial charge < -0.3 is 10.6 Å². The fourth-order valence-corrected chi connectivity index (χ4v) is 6.57. The Morgan fingerprint density at radius 3 is 1.41 bits per heavy atom. The smallest absolute Gasteiger partial charge is 0.271 e. The van der Waals surface area contributed by atoms with Crippen LogP contribution in [-0.2, 0) is 19.2 Å². The molecule has 0 fully saturated rings. The second-order valence-corrected chi connectivity index (χ2v) is 13.8. The van der Waals surface area contributed by atoms with Crippen molar-refractivity contribution >= 4 is 116 Å². The van der Waals surface area contributed by atoms with Crippen LogP contribution in [0.5, 0.6) is 0 Å². The molecule has 2 aliphatic carbocycles. The molecule has 0 spiro atoms. The number of hydrogen-bond donors (Lipinski definition) is 4. The van der Waals surface area contributed by atoms with Gasteiger partial charge in [-0.2, -0.15) is 10.2 Å². The Bertz CT molecular complexity index is 2820. The van der Waals surface area contributed by atoms with Crippen molar-refractivity contribution in [2.24, 2.45) is 10.2 Å². The van der Waals surface area contributed by atoms with E-state index in [0.717, 1.165) is 12.1 Å². The topological polar surface area (TPSA) is 227 Å². The lowest BCUT2D eigenvalue weighted by Gasteiger charge is -2.18. The van der Waals surface area contributed by atoms with Crippen LogP contribution in [-0.4, -0.2) is 44.7 Å². The molecule has 0 heterocycles. The van der Waals surface area contributed by atoms with E-state index < -0.39 is 33.2 Å². The molecular formula is C40H23Cl3N8O8. The molecule has 7 rings (SSSR count). The number of amides is 2. The molecule has 0 aliphatic heterocycles. The van der Waals surface area contributed by atoms with Crippen molar-refractivity contribution in [3.05, 3.63) is 172 Å². The van der Waals surface area contributed by atoms with Crippen LogP contribution in [0.1, 0.15) is 22.3 Å². The molecule has 2 aliphatic rings. The summed E-state index contributed by atoms with van der Waals surface area (Å²) in [5.74, 6) is -3.10. The monoisotopic (exact) mass is 848 g/mol. The number of Topliss-reactive ketones (excluding diaryl/α,β-unsaturated/α-hetero) is 2. The number of non-ortho nitro benzene ring substituents is 2. The summed E-state index contributed by atoms with van der Waals surface area (Å²) in [6.45, 7) is 0. The lowest BCUT2D eigenvalue weighted by atomic mass is 9.89. The number of nitro benzene ring substituents is 2. The van der Waals surface area contributed by atoms with Gasteiger partial charge in [-0.25, -0.2) is 0 Å². The van der Waals surface area contributed by atoms with Gasteiger partial charge in [0, 0.05) is 41.1 Å². The summed E-state index contributed by atoms with van der Waals surface area (Å²) in [6.07, 6.45) is 2.80. The SMILES string of the molecule is O=C(Nc1ccc(NC(=O)C2=Cc3ccccc3C(=NNc3ccc([N+](=O)[O-])cc3Cl)C2=O)c(Cl)c1)C1=Cc2ccccc2C(=NNc2ccc([N+](=O)[O-])cc2Cl)C1=O. The van der Waals surface area contributed by atoms with Crippen LogP contribution in [0.25, 0.3) is 12.2 Å². The average Bonchev–Trinajstić information content (AvgIpc) is 3.21. The third kappa shape index (κ3) is 8.31. The number of nitrogens with zero attached hydrogens (tertiary/aromatic N) is 4. The van der Waals surface area contributed by atoms with Crippen LogP contribution in [0.15, 0.2) is 124 Å². The molecule has 0 bridgehead atoms. The zero-order valence-corrected chi connectivity index (χ0v) is 31.9. The van der Waals surface area contributed by atoms with Gasteiger partial charge >= 0.3 is 0 Å². The highest BCUT2D eigenvalue weighted by Gasteiger charge is 2.32. The quantitative estimate of drug-likeness (QED) is 0.0597.